The van der Waals surface area contributed by atoms with Gasteiger partial charge in [-0.25, -0.2) is 4.98 Å². The van der Waals surface area contributed by atoms with Crippen LogP contribution in [0.15, 0.2) is 51.4 Å². The lowest BCUT2D eigenvalue weighted by molar-refractivity contribution is 0.580. The van der Waals surface area contributed by atoms with Crippen LogP contribution < -0.4 is 5.56 Å². The highest BCUT2D eigenvalue weighted by Gasteiger charge is 2.23. The van der Waals surface area contributed by atoms with E-state index in [0.717, 1.165) is 10.9 Å². The van der Waals surface area contributed by atoms with Crippen LogP contribution >= 0.6 is 23.5 Å². The second kappa shape index (κ2) is 5.23. The van der Waals surface area contributed by atoms with Gasteiger partial charge in [0.05, 0.1) is 6.20 Å². The van der Waals surface area contributed by atoms with E-state index in [1.807, 2.05) is 30.0 Å². The van der Waals surface area contributed by atoms with E-state index in [1.54, 1.807) is 22.5 Å². The number of nitrogens with one attached hydrogen (secondary N) is 1. The Morgan fingerprint density at radius 3 is 3.05 bits per heavy atom. The Hall–Kier alpha value is -1.73. The fraction of sp³-hybridized carbons (Fsp3) is 0.214. The molecule has 0 saturated heterocycles. The van der Waals surface area contributed by atoms with Gasteiger partial charge >= 0.3 is 0 Å². The number of hydrogen-bond acceptors (Lipinski definition) is 5. The van der Waals surface area contributed by atoms with E-state index < -0.39 is 0 Å². The predicted octanol–water partition coefficient (Wildman–Crippen LogP) is 2.39. The number of hydrogen-bond donors (Lipinski definition) is 1. The molecule has 0 amide bonds. The third-order valence-corrected chi connectivity index (χ3v) is 5.91. The molecule has 4 rings (SSSR count). The summed E-state index contributed by atoms with van der Waals surface area (Å²) in [6.45, 7) is 0.689. The van der Waals surface area contributed by atoms with Crippen molar-refractivity contribution < 1.29 is 0 Å². The van der Waals surface area contributed by atoms with Gasteiger partial charge in [-0.3, -0.25) is 14.5 Å². The minimum absolute atomic E-state index is 0.00499. The summed E-state index contributed by atoms with van der Waals surface area (Å²) in [4.78, 5) is 18.2. The van der Waals surface area contributed by atoms with E-state index in [0.29, 0.717) is 22.8 Å². The van der Waals surface area contributed by atoms with Gasteiger partial charge in [-0.15, -0.1) is 11.8 Å². The molecule has 5 nitrogen and oxygen atoms in total. The summed E-state index contributed by atoms with van der Waals surface area (Å²) >= 11 is 3.44. The van der Waals surface area contributed by atoms with Crippen molar-refractivity contribution in [2.75, 3.05) is 5.75 Å². The minimum Gasteiger partial charge on any atom is -0.286 e. The normalized spacial score (nSPS) is 17.8. The van der Waals surface area contributed by atoms with Crippen molar-refractivity contribution in [3.8, 4) is 0 Å². The van der Waals surface area contributed by atoms with Crippen LogP contribution in [-0.4, -0.2) is 30.8 Å². The van der Waals surface area contributed by atoms with Gasteiger partial charge in [-0.05, 0) is 12.1 Å². The Balaban J connectivity index is 1.66. The Kier molecular flexibility index (Phi) is 3.23. The van der Waals surface area contributed by atoms with E-state index in [1.165, 1.54) is 4.90 Å². The van der Waals surface area contributed by atoms with Gasteiger partial charge in [0.1, 0.15) is 5.39 Å². The lowest BCUT2D eigenvalue weighted by Gasteiger charge is -2.24. The standard InChI is InChI=1S/C14H12N4OS2/c19-13-11-6-15-17-12(11)16-14-18(13)7-10(8-20-14)21-9-4-2-1-3-5-9/h1-6,10H,7-8H2,(H,15,17). The molecule has 0 aliphatic carbocycles. The van der Waals surface area contributed by atoms with Crippen molar-refractivity contribution in [3.63, 3.8) is 0 Å². The van der Waals surface area contributed by atoms with Crippen molar-refractivity contribution in [1.29, 1.82) is 0 Å². The Morgan fingerprint density at radius 1 is 1.33 bits per heavy atom. The highest BCUT2D eigenvalue weighted by atomic mass is 32.2. The molecule has 1 unspecified atom stereocenters. The van der Waals surface area contributed by atoms with E-state index in [4.69, 9.17) is 0 Å². The minimum atomic E-state index is -0.00499. The molecule has 0 bridgehead atoms. The first kappa shape index (κ1) is 13.0. The van der Waals surface area contributed by atoms with Crippen molar-refractivity contribution in [1.82, 2.24) is 19.7 Å². The molecule has 7 heteroatoms. The van der Waals surface area contributed by atoms with Gasteiger partial charge in [0.25, 0.3) is 5.56 Å². The monoisotopic (exact) mass is 316 g/mol. The number of thioether (sulfide) groups is 2. The Labute approximate surface area is 129 Å². The highest BCUT2D eigenvalue weighted by molar-refractivity contribution is 8.03. The fourth-order valence-corrected chi connectivity index (χ4v) is 4.68. The largest absolute Gasteiger partial charge is 0.286 e. The molecule has 3 heterocycles. The predicted molar refractivity (Wildman–Crippen MR) is 85.0 cm³/mol. The van der Waals surface area contributed by atoms with Crippen LogP contribution in [0, 0.1) is 0 Å². The number of nitrogens with zero attached hydrogens (tertiary/aromatic N) is 3. The summed E-state index contributed by atoms with van der Waals surface area (Å²) in [5, 5.41) is 8.38. The molecule has 106 valence electrons. The van der Waals surface area contributed by atoms with Crippen LogP contribution in [0.3, 0.4) is 0 Å². The molecule has 3 aromatic rings. The number of H-pyrrole nitrogens is 1. The van der Waals surface area contributed by atoms with Crippen LogP contribution in [-0.2, 0) is 6.54 Å². The summed E-state index contributed by atoms with van der Waals surface area (Å²) in [7, 11) is 0. The van der Waals surface area contributed by atoms with Crippen LogP contribution in [0.2, 0.25) is 0 Å². The first-order valence-corrected chi connectivity index (χ1v) is 8.46. The average Bonchev–Trinajstić information content (AvgIpc) is 2.98. The first-order chi connectivity index (χ1) is 10.3. The van der Waals surface area contributed by atoms with Crippen LogP contribution in [0.1, 0.15) is 0 Å². The number of benzene rings is 1. The molecule has 0 radical (unpaired) electrons. The quantitative estimate of drug-likeness (QED) is 0.736. The smallest absolute Gasteiger partial charge is 0.265 e. The van der Waals surface area contributed by atoms with E-state index >= 15 is 0 Å². The van der Waals surface area contributed by atoms with E-state index in [-0.39, 0.29) is 5.56 Å². The Morgan fingerprint density at radius 2 is 2.19 bits per heavy atom. The van der Waals surface area contributed by atoms with Gasteiger partial charge < -0.3 is 0 Å². The van der Waals surface area contributed by atoms with Gasteiger partial charge in [0.2, 0.25) is 0 Å². The van der Waals surface area contributed by atoms with Crippen molar-refractivity contribution in [2.24, 2.45) is 0 Å². The summed E-state index contributed by atoms with van der Waals surface area (Å²) < 4.78 is 1.77. The Bertz CT molecular complexity index is 843. The second-order valence-electron chi connectivity index (χ2n) is 4.81. The molecule has 2 aromatic heterocycles. The lowest BCUT2D eigenvalue weighted by atomic mass is 10.4. The number of rotatable bonds is 2. The molecule has 1 aliphatic heterocycles. The SMILES string of the molecule is O=c1c2cn[nH]c2nc2n1CC(Sc1ccccc1)CS2. The van der Waals surface area contributed by atoms with Crippen LogP contribution in [0.5, 0.6) is 0 Å². The molecule has 1 aromatic carbocycles. The highest BCUT2D eigenvalue weighted by Crippen LogP contribution is 2.32. The topological polar surface area (TPSA) is 63.6 Å². The van der Waals surface area contributed by atoms with Gasteiger partial charge in [-0.1, -0.05) is 30.0 Å². The van der Waals surface area contributed by atoms with Gasteiger partial charge in [0, 0.05) is 22.4 Å². The van der Waals surface area contributed by atoms with Gasteiger partial charge in [-0.2, -0.15) is 5.10 Å². The summed E-state index contributed by atoms with van der Waals surface area (Å²) in [5.74, 6) is 0.950. The van der Waals surface area contributed by atoms with Crippen LogP contribution in [0.25, 0.3) is 11.0 Å². The molecule has 0 saturated carbocycles. The maximum atomic E-state index is 12.5. The summed E-state index contributed by atoms with van der Waals surface area (Å²) in [6.07, 6.45) is 1.55. The molecule has 21 heavy (non-hydrogen) atoms. The van der Waals surface area contributed by atoms with Crippen molar-refractivity contribution in [2.45, 2.75) is 21.8 Å². The molecule has 1 N–H and O–H groups in total. The molecular formula is C14H12N4OS2. The fourth-order valence-electron chi connectivity index (χ4n) is 2.37. The third kappa shape index (κ3) is 2.36. The third-order valence-electron chi connectivity index (χ3n) is 3.36. The molecule has 1 atom stereocenters. The lowest BCUT2D eigenvalue weighted by Crippen LogP contribution is -2.32. The van der Waals surface area contributed by atoms with Crippen molar-refractivity contribution >= 4 is 34.6 Å². The summed E-state index contributed by atoms with van der Waals surface area (Å²) in [5.41, 5.74) is 0.572. The van der Waals surface area contributed by atoms with E-state index in [2.05, 4.69) is 27.3 Å². The second-order valence-corrected chi connectivity index (χ2v) is 7.17. The number of fused-ring (bicyclic) bond motifs is 2. The number of aromatic nitrogens is 4. The summed E-state index contributed by atoms with van der Waals surface area (Å²) in [6, 6.07) is 10.3. The number of aromatic amines is 1. The van der Waals surface area contributed by atoms with Crippen molar-refractivity contribution in [3.05, 3.63) is 46.9 Å². The first-order valence-electron chi connectivity index (χ1n) is 6.60. The zero-order chi connectivity index (χ0) is 14.2. The molecule has 1 aliphatic rings. The van der Waals surface area contributed by atoms with Crippen LogP contribution in [0.4, 0.5) is 0 Å². The molecule has 0 fully saturated rings. The van der Waals surface area contributed by atoms with Gasteiger partial charge in [0.15, 0.2) is 10.8 Å². The van der Waals surface area contributed by atoms with E-state index in [9.17, 15) is 4.79 Å². The average molecular weight is 316 g/mol. The zero-order valence-electron chi connectivity index (χ0n) is 11.0. The zero-order valence-corrected chi connectivity index (χ0v) is 12.7. The molecule has 0 spiro atoms. The maximum Gasteiger partial charge on any atom is 0.265 e. The molecular weight excluding hydrogens is 304 g/mol. The maximum absolute atomic E-state index is 12.5.